The number of piperazine rings is 1. The molecule has 2 aromatic heterocycles. The maximum absolute atomic E-state index is 15.4. The molecule has 0 radical (unpaired) electrons. The summed E-state index contributed by atoms with van der Waals surface area (Å²) in [4.78, 5) is 44.6. The van der Waals surface area contributed by atoms with Crippen LogP contribution in [0.25, 0.3) is 16.6 Å². The lowest BCUT2D eigenvalue weighted by Gasteiger charge is -2.36. The van der Waals surface area contributed by atoms with Crippen LogP contribution < -0.4 is 16.0 Å². The normalized spacial score (nSPS) is 18.2. The Morgan fingerprint density at radius 3 is 2.39 bits per heavy atom. The first-order valence-corrected chi connectivity index (χ1v) is 16.2. The number of anilines is 1. The molecule has 3 aliphatic rings. The topological polar surface area (TPSA) is 109 Å². The van der Waals surface area contributed by atoms with Crippen LogP contribution in [0.5, 0.6) is 0 Å². The molecular weight excluding hydrogens is 585 g/mol. The van der Waals surface area contributed by atoms with E-state index in [2.05, 4.69) is 9.80 Å². The van der Waals surface area contributed by atoms with Gasteiger partial charge in [0.25, 0.3) is 0 Å². The average molecular weight is 620 g/mol. The van der Waals surface area contributed by atoms with Crippen LogP contribution in [0.3, 0.4) is 0 Å². The molecule has 0 amide bonds. The summed E-state index contributed by atoms with van der Waals surface area (Å²) in [5.74, 6) is 1.00. The van der Waals surface area contributed by atoms with Crippen LogP contribution in [0.4, 0.5) is 10.1 Å². The molecule has 44 heavy (non-hydrogen) atoms. The summed E-state index contributed by atoms with van der Waals surface area (Å²) in [6, 6.07) is 12.6. The Kier molecular flexibility index (Phi) is 7.77. The van der Waals surface area contributed by atoms with Crippen molar-refractivity contribution in [1.82, 2.24) is 28.7 Å². The van der Waals surface area contributed by atoms with E-state index in [0.717, 1.165) is 48.9 Å². The SMILES string of the molecule is O=C(O)c1cn(C2CC2)c2cc(N3CCN(Cn4nc(CN5CCSCC5)n(-c5ccccc5)c4=O)CC3)c(F)cc2c1=O. The first-order chi connectivity index (χ1) is 21.4. The highest BCUT2D eigenvalue weighted by Gasteiger charge is 2.29. The van der Waals surface area contributed by atoms with E-state index in [0.29, 0.717) is 50.6 Å². The minimum atomic E-state index is -1.31. The molecule has 11 nitrogen and oxygen atoms in total. The van der Waals surface area contributed by atoms with Crippen molar-refractivity contribution in [2.75, 3.05) is 55.7 Å². The highest BCUT2D eigenvalue weighted by molar-refractivity contribution is 7.99. The van der Waals surface area contributed by atoms with E-state index in [1.165, 1.54) is 16.9 Å². The number of hydrogen-bond acceptors (Lipinski definition) is 8. The lowest BCUT2D eigenvalue weighted by Crippen LogP contribution is -2.48. The van der Waals surface area contributed by atoms with Gasteiger partial charge in [-0.1, -0.05) is 18.2 Å². The summed E-state index contributed by atoms with van der Waals surface area (Å²) in [5.41, 5.74) is 0.550. The third-order valence-corrected chi connectivity index (χ3v) is 9.65. The van der Waals surface area contributed by atoms with Crippen molar-refractivity contribution in [2.24, 2.45) is 0 Å². The molecule has 2 saturated heterocycles. The van der Waals surface area contributed by atoms with Gasteiger partial charge in [0.1, 0.15) is 11.4 Å². The van der Waals surface area contributed by atoms with Gasteiger partial charge in [-0.05, 0) is 37.1 Å². The monoisotopic (exact) mass is 619 g/mol. The highest BCUT2D eigenvalue weighted by atomic mass is 32.2. The Bertz CT molecular complexity index is 1820. The second kappa shape index (κ2) is 11.9. The summed E-state index contributed by atoms with van der Waals surface area (Å²) in [6.45, 7) is 5.09. The Hall–Kier alpha value is -3.94. The number of rotatable bonds is 8. The molecule has 4 heterocycles. The molecule has 2 aliphatic heterocycles. The van der Waals surface area contributed by atoms with Crippen LogP contribution in [0.1, 0.15) is 35.1 Å². The van der Waals surface area contributed by atoms with Crippen LogP contribution in [0.2, 0.25) is 0 Å². The van der Waals surface area contributed by atoms with Crippen LogP contribution in [0, 0.1) is 5.82 Å². The average Bonchev–Trinajstić information content (AvgIpc) is 3.83. The molecular formula is C31H34FN7O4S. The van der Waals surface area contributed by atoms with E-state index >= 15 is 4.39 Å². The number of para-hydroxylation sites is 1. The predicted molar refractivity (Wildman–Crippen MR) is 168 cm³/mol. The Labute approximate surface area is 257 Å². The van der Waals surface area contributed by atoms with E-state index in [-0.39, 0.29) is 22.7 Å². The Balaban J connectivity index is 1.11. The Morgan fingerprint density at radius 2 is 1.70 bits per heavy atom. The van der Waals surface area contributed by atoms with Crippen LogP contribution in [-0.2, 0) is 13.2 Å². The van der Waals surface area contributed by atoms with Gasteiger partial charge in [0, 0.05) is 68.4 Å². The van der Waals surface area contributed by atoms with Gasteiger partial charge >= 0.3 is 11.7 Å². The molecule has 0 atom stereocenters. The molecule has 13 heteroatoms. The van der Waals surface area contributed by atoms with E-state index in [1.54, 1.807) is 10.6 Å². The Morgan fingerprint density at radius 1 is 0.977 bits per heavy atom. The van der Waals surface area contributed by atoms with Crippen LogP contribution >= 0.6 is 11.8 Å². The molecule has 1 aliphatic carbocycles. The number of thioether (sulfide) groups is 1. The van der Waals surface area contributed by atoms with Crippen molar-refractivity contribution in [1.29, 1.82) is 0 Å². The van der Waals surface area contributed by atoms with Gasteiger partial charge in [0.15, 0.2) is 5.82 Å². The number of halogens is 1. The zero-order valence-electron chi connectivity index (χ0n) is 24.3. The molecule has 0 spiro atoms. The summed E-state index contributed by atoms with van der Waals surface area (Å²) in [5, 5.41) is 14.4. The van der Waals surface area contributed by atoms with E-state index in [9.17, 15) is 19.5 Å². The van der Waals surface area contributed by atoms with Gasteiger partial charge in [-0.3, -0.25) is 14.6 Å². The quantitative estimate of drug-likeness (QED) is 0.319. The minimum Gasteiger partial charge on any atom is -0.477 e. The largest absolute Gasteiger partial charge is 0.477 e. The number of aromatic carboxylic acids is 1. The molecule has 7 rings (SSSR count). The van der Waals surface area contributed by atoms with Crippen LogP contribution in [0.15, 0.2) is 58.3 Å². The maximum atomic E-state index is 15.4. The van der Waals surface area contributed by atoms with E-state index in [1.807, 2.05) is 51.6 Å². The fourth-order valence-corrected chi connectivity index (χ4v) is 7.15. The predicted octanol–water partition coefficient (Wildman–Crippen LogP) is 2.85. The van der Waals surface area contributed by atoms with E-state index < -0.39 is 17.2 Å². The van der Waals surface area contributed by atoms with Gasteiger partial charge in [-0.15, -0.1) is 0 Å². The molecule has 1 N–H and O–H groups in total. The van der Waals surface area contributed by atoms with Crippen molar-refractivity contribution in [3.05, 3.63) is 86.6 Å². The summed E-state index contributed by atoms with van der Waals surface area (Å²) in [6.07, 6.45) is 3.18. The zero-order chi connectivity index (χ0) is 30.4. The van der Waals surface area contributed by atoms with Gasteiger partial charge < -0.3 is 14.6 Å². The number of fused-ring (bicyclic) bond motifs is 1. The molecule has 2 aromatic carbocycles. The van der Waals surface area contributed by atoms with Crippen molar-refractivity contribution < 1.29 is 14.3 Å². The molecule has 0 bridgehead atoms. The van der Waals surface area contributed by atoms with Gasteiger partial charge in [0.05, 0.1) is 30.1 Å². The number of benzene rings is 2. The number of carbonyl (C=O) groups is 1. The minimum absolute atomic E-state index is 0.0872. The molecule has 3 fully saturated rings. The zero-order valence-corrected chi connectivity index (χ0v) is 25.1. The number of hydrogen-bond donors (Lipinski definition) is 1. The number of pyridine rings is 1. The fourth-order valence-electron chi connectivity index (χ4n) is 6.17. The summed E-state index contributed by atoms with van der Waals surface area (Å²) < 4.78 is 20.5. The lowest BCUT2D eigenvalue weighted by atomic mass is 10.1. The molecule has 4 aromatic rings. The van der Waals surface area contributed by atoms with Gasteiger partial charge in [-0.25, -0.2) is 18.5 Å². The summed E-state index contributed by atoms with van der Waals surface area (Å²) in [7, 11) is 0. The number of nitrogens with zero attached hydrogens (tertiary/aromatic N) is 7. The first kappa shape index (κ1) is 28.8. The number of carboxylic acid groups (broad SMARTS) is 1. The van der Waals surface area contributed by atoms with Gasteiger partial charge in [0.2, 0.25) is 5.43 Å². The fraction of sp³-hybridized carbons (Fsp3) is 0.419. The van der Waals surface area contributed by atoms with Crippen molar-refractivity contribution >= 4 is 34.3 Å². The molecule has 230 valence electrons. The van der Waals surface area contributed by atoms with Crippen molar-refractivity contribution in [2.45, 2.75) is 32.1 Å². The number of carboxylic acids is 1. The van der Waals surface area contributed by atoms with Gasteiger partial charge in [-0.2, -0.15) is 21.5 Å². The highest BCUT2D eigenvalue weighted by Crippen LogP contribution is 2.38. The van der Waals surface area contributed by atoms with Crippen molar-refractivity contribution in [3.63, 3.8) is 0 Å². The second-order valence-electron chi connectivity index (χ2n) is 11.6. The second-order valence-corrected chi connectivity index (χ2v) is 12.9. The van der Waals surface area contributed by atoms with Crippen LogP contribution in [-0.4, -0.2) is 90.6 Å². The first-order valence-electron chi connectivity index (χ1n) is 15.0. The third kappa shape index (κ3) is 5.55. The van der Waals surface area contributed by atoms with Crippen molar-refractivity contribution in [3.8, 4) is 5.69 Å². The van der Waals surface area contributed by atoms with E-state index in [4.69, 9.17) is 5.10 Å². The smallest absolute Gasteiger partial charge is 0.351 e. The molecule has 1 saturated carbocycles. The maximum Gasteiger partial charge on any atom is 0.351 e. The lowest BCUT2D eigenvalue weighted by molar-refractivity contribution is 0.0695. The third-order valence-electron chi connectivity index (χ3n) is 8.71. The summed E-state index contributed by atoms with van der Waals surface area (Å²) >= 11 is 1.94. The molecule has 0 unspecified atom stereocenters. The number of aromatic nitrogens is 4. The standard InChI is InChI=1S/C31H34FN7O4S/c32-25-16-23-26(37(21-6-7-21)18-24(29(23)40)30(41)42)17-27(25)36-10-8-35(9-11-36)20-38-31(43)39(22-4-2-1-3-5-22)28(33-38)19-34-12-14-44-15-13-34/h1-5,16-18,21H,6-15,19-20H2,(H,41,42).